The number of hydrogen-bond acceptors (Lipinski definition) is 2. The minimum absolute atomic E-state index is 0.0605. The summed E-state index contributed by atoms with van der Waals surface area (Å²) in [5, 5.41) is 8.66. The second-order valence-electron chi connectivity index (χ2n) is 3.22. The number of carbonyl (C=O) groups is 1. The molecule has 0 amide bonds. The molecule has 13 heavy (non-hydrogen) atoms. The van der Waals surface area contributed by atoms with E-state index in [0.717, 1.165) is 22.5 Å². The Labute approximate surface area is 77.4 Å². The number of nitrogens with zero attached hydrogens (tertiary/aromatic N) is 1. The number of carboxylic acid groups (broad SMARTS) is 1. The van der Waals surface area contributed by atoms with E-state index in [-0.39, 0.29) is 6.42 Å². The first-order chi connectivity index (χ1) is 6.00. The highest BCUT2D eigenvalue weighted by Crippen LogP contribution is 2.13. The average molecular weight is 179 g/mol. The number of aryl methyl sites for hydroxylation is 3. The zero-order valence-electron chi connectivity index (χ0n) is 8.09. The summed E-state index contributed by atoms with van der Waals surface area (Å²) in [6, 6.07) is 1.91. The Morgan fingerprint density at radius 2 is 2.08 bits per heavy atom. The molecule has 1 aromatic rings. The lowest BCUT2D eigenvalue weighted by Gasteiger charge is -2.07. The second kappa shape index (κ2) is 3.56. The van der Waals surface area contributed by atoms with Crippen LogP contribution in [0.25, 0.3) is 0 Å². The largest absolute Gasteiger partial charge is 0.481 e. The molecule has 0 bridgehead atoms. The van der Waals surface area contributed by atoms with Crippen LogP contribution >= 0.6 is 0 Å². The Morgan fingerprint density at radius 1 is 1.46 bits per heavy atom. The second-order valence-corrected chi connectivity index (χ2v) is 3.22. The number of rotatable bonds is 2. The molecule has 3 nitrogen and oxygen atoms in total. The molecule has 0 saturated heterocycles. The van der Waals surface area contributed by atoms with Crippen LogP contribution in [0.15, 0.2) is 6.07 Å². The summed E-state index contributed by atoms with van der Waals surface area (Å²) in [6.07, 6.45) is 0.0605. The fourth-order valence-corrected chi connectivity index (χ4v) is 1.47. The van der Waals surface area contributed by atoms with Gasteiger partial charge in [-0.15, -0.1) is 0 Å². The molecule has 0 aromatic carbocycles. The van der Waals surface area contributed by atoms with E-state index in [2.05, 4.69) is 4.98 Å². The van der Waals surface area contributed by atoms with E-state index in [1.165, 1.54) is 0 Å². The van der Waals surface area contributed by atoms with Gasteiger partial charge in [-0.25, -0.2) is 0 Å². The van der Waals surface area contributed by atoms with Gasteiger partial charge in [0.25, 0.3) is 0 Å². The molecule has 70 valence electrons. The van der Waals surface area contributed by atoms with Gasteiger partial charge in [0.1, 0.15) is 0 Å². The minimum Gasteiger partial charge on any atom is -0.481 e. The summed E-state index contributed by atoms with van der Waals surface area (Å²) in [4.78, 5) is 14.8. The van der Waals surface area contributed by atoms with Crippen LogP contribution in [0.1, 0.15) is 22.5 Å². The van der Waals surface area contributed by atoms with E-state index in [0.29, 0.717) is 0 Å². The molecule has 0 fully saturated rings. The fourth-order valence-electron chi connectivity index (χ4n) is 1.47. The molecule has 0 aliphatic heterocycles. The normalized spacial score (nSPS) is 10.1. The molecule has 0 radical (unpaired) electrons. The van der Waals surface area contributed by atoms with Crippen molar-refractivity contribution in [2.45, 2.75) is 27.2 Å². The van der Waals surface area contributed by atoms with Crippen molar-refractivity contribution in [3.63, 3.8) is 0 Å². The van der Waals surface area contributed by atoms with Crippen molar-refractivity contribution >= 4 is 5.97 Å². The van der Waals surface area contributed by atoms with Gasteiger partial charge in [0.05, 0.1) is 6.42 Å². The highest BCUT2D eigenvalue weighted by molar-refractivity contribution is 5.71. The summed E-state index contributed by atoms with van der Waals surface area (Å²) in [5.41, 5.74) is 3.59. The molecular formula is C10H13NO2. The topological polar surface area (TPSA) is 50.2 Å². The molecule has 0 saturated carbocycles. The van der Waals surface area contributed by atoms with Crippen molar-refractivity contribution in [1.29, 1.82) is 0 Å². The highest BCUT2D eigenvalue weighted by Gasteiger charge is 2.08. The number of aromatic nitrogens is 1. The molecular weight excluding hydrogens is 166 g/mol. The third kappa shape index (κ3) is 2.28. The smallest absolute Gasteiger partial charge is 0.307 e. The molecule has 0 atom stereocenters. The van der Waals surface area contributed by atoms with Crippen LogP contribution in [0.3, 0.4) is 0 Å². The highest BCUT2D eigenvalue weighted by atomic mass is 16.4. The summed E-state index contributed by atoms with van der Waals surface area (Å²) in [7, 11) is 0. The number of aliphatic carboxylic acids is 1. The maximum absolute atomic E-state index is 10.5. The predicted octanol–water partition coefficient (Wildman–Crippen LogP) is 1.63. The Kier molecular flexibility index (Phi) is 2.66. The molecule has 1 heterocycles. The molecule has 0 aliphatic rings. The SMILES string of the molecule is Cc1cc(C)c(CC(=O)O)c(C)n1. The average Bonchev–Trinajstić information content (AvgIpc) is 1.96. The molecule has 0 aliphatic carbocycles. The van der Waals surface area contributed by atoms with Gasteiger partial charge in [0.15, 0.2) is 0 Å². The van der Waals surface area contributed by atoms with Crippen LogP contribution < -0.4 is 0 Å². The van der Waals surface area contributed by atoms with E-state index in [1.54, 1.807) is 0 Å². The van der Waals surface area contributed by atoms with Gasteiger partial charge in [-0.05, 0) is 38.0 Å². The molecule has 3 heteroatoms. The number of pyridine rings is 1. The van der Waals surface area contributed by atoms with Crippen molar-refractivity contribution in [2.75, 3.05) is 0 Å². The van der Waals surface area contributed by atoms with Gasteiger partial charge in [0, 0.05) is 11.4 Å². The van der Waals surface area contributed by atoms with Crippen molar-refractivity contribution in [3.8, 4) is 0 Å². The minimum atomic E-state index is -0.808. The number of hydrogen-bond donors (Lipinski definition) is 1. The summed E-state index contributed by atoms with van der Waals surface area (Å²) >= 11 is 0. The van der Waals surface area contributed by atoms with E-state index >= 15 is 0 Å². The van der Waals surface area contributed by atoms with Crippen LogP contribution in [0.5, 0.6) is 0 Å². The van der Waals surface area contributed by atoms with Crippen molar-refractivity contribution in [3.05, 3.63) is 28.6 Å². The van der Waals surface area contributed by atoms with Crippen LogP contribution in [-0.4, -0.2) is 16.1 Å². The van der Waals surface area contributed by atoms with E-state index < -0.39 is 5.97 Å². The molecule has 1 N–H and O–H groups in total. The first-order valence-corrected chi connectivity index (χ1v) is 4.16. The summed E-state index contributed by atoms with van der Waals surface area (Å²) < 4.78 is 0. The van der Waals surface area contributed by atoms with Gasteiger partial charge in [0.2, 0.25) is 0 Å². The Bertz CT molecular complexity index is 322. The Morgan fingerprint density at radius 3 is 2.54 bits per heavy atom. The van der Waals surface area contributed by atoms with E-state index in [1.807, 2.05) is 26.8 Å². The molecule has 1 rings (SSSR count). The predicted molar refractivity (Wildman–Crippen MR) is 49.8 cm³/mol. The quantitative estimate of drug-likeness (QED) is 0.750. The third-order valence-corrected chi connectivity index (χ3v) is 2.01. The van der Waals surface area contributed by atoms with E-state index in [9.17, 15) is 4.79 Å². The lowest BCUT2D eigenvalue weighted by Crippen LogP contribution is -2.06. The maximum Gasteiger partial charge on any atom is 0.307 e. The number of carboxylic acids is 1. The lowest BCUT2D eigenvalue weighted by molar-refractivity contribution is -0.136. The lowest BCUT2D eigenvalue weighted by atomic mass is 10.0. The van der Waals surface area contributed by atoms with Gasteiger partial charge in [-0.2, -0.15) is 0 Å². The van der Waals surface area contributed by atoms with Crippen LogP contribution in [-0.2, 0) is 11.2 Å². The van der Waals surface area contributed by atoms with Crippen LogP contribution in [0.4, 0.5) is 0 Å². The first kappa shape index (κ1) is 9.71. The van der Waals surface area contributed by atoms with Gasteiger partial charge in [-0.3, -0.25) is 9.78 Å². The fraction of sp³-hybridized carbons (Fsp3) is 0.400. The van der Waals surface area contributed by atoms with Gasteiger partial charge >= 0.3 is 5.97 Å². The summed E-state index contributed by atoms with van der Waals surface area (Å²) in [6.45, 7) is 5.67. The van der Waals surface area contributed by atoms with E-state index in [4.69, 9.17) is 5.11 Å². The monoisotopic (exact) mass is 179 g/mol. The molecule has 0 unspecified atom stereocenters. The van der Waals surface area contributed by atoms with Crippen molar-refractivity contribution in [1.82, 2.24) is 4.98 Å². The molecule has 1 aromatic heterocycles. The Balaban J connectivity index is 3.13. The Hall–Kier alpha value is -1.38. The zero-order valence-corrected chi connectivity index (χ0v) is 8.09. The standard InChI is InChI=1S/C10H13NO2/c1-6-4-7(2)11-8(3)9(6)5-10(12)13/h4H,5H2,1-3H3,(H,12,13). The van der Waals surface area contributed by atoms with Crippen LogP contribution in [0, 0.1) is 20.8 Å². The van der Waals surface area contributed by atoms with Crippen LogP contribution in [0.2, 0.25) is 0 Å². The summed E-state index contributed by atoms with van der Waals surface area (Å²) in [5.74, 6) is -0.808. The van der Waals surface area contributed by atoms with Crippen molar-refractivity contribution < 1.29 is 9.90 Å². The molecule has 0 spiro atoms. The van der Waals surface area contributed by atoms with Crippen molar-refractivity contribution in [2.24, 2.45) is 0 Å². The van der Waals surface area contributed by atoms with Gasteiger partial charge in [-0.1, -0.05) is 0 Å². The zero-order chi connectivity index (χ0) is 10.0. The maximum atomic E-state index is 10.5. The third-order valence-electron chi connectivity index (χ3n) is 2.01. The first-order valence-electron chi connectivity index (χ1n) is 4.16. The van der Waals surface area contributed by atoms with Gasteiger partial charge < -0.3 is 5.11 Å².